The molecule has 2 unspecified atom stereocenters. The fourth-order valence-corrected chi connectivity index (χ4v) is 3.26. The molecule has 1 fully saturated rings. The summed E-state index contributed by atoms with van der Waals surface area (Å²) < 4.78 is 13.4. The standard InChI is InChI=1S/C17H26FNO/c1-12(2)14-5-4-9-19(10-8-14)13(3)16-11-15(18)6-7-17(16)20/h6-7,11-14,20H,4-5,8-10H2,1-3H3. The average Bonchev–Trinajstić information content (AvgIpc) is 2.66. The number of aromatic hydroxyl groups is 1. The molecule has 2 rings (SSSR count). The highest BCUT2D eigenvalue weighted by atomic mass is 19.1. The third kappa shape index (κ3) is 3.51. The predicted octanol–water partition coefficient (Wildman–Crippen LogP) is 4.35. The van der Waals surface area contributed by atoms with Crippen molar-refractivity contribution in [2.75, 3.05) is 13.1 Å². The Bertz CT molecular complexity index is 447. The Kier molecular flexibility index (Phi) is 5.03. The van der Waals surface area contributed by atoms with Gasteiger partial charge >= 0.3 is 0 Å². The van der Waals surface area contributed by atoms with Gasteiger partial charge in [-0.1, -0.05) is 13.8 Å². The third-order valence-corrected chi connectivity index (χ3v) is 4.74. The van der Waals surface area contributed by atoms with Gasteiger partial charge in [0.15, 0.2) is 0 Å². The Labute approximate surface area is 121 Å². The number of hydrogen-bond acceptors (Lipinski definition) is 2. The molecule has 1 saturated heterocycles. The van der Waals surface area contributed by atoms with E-state index in [1.807, 2.05) is 0 Å². The van der Waals surface area contributed by atoms with Crippen molar-refractivity contribution in [2.45, 2.75) is 46.1 Å². The second kappa shape index (κ2) is 6.57. The lowest BCUT2D eigenvalue weighted by atomic mass is 9.89. The van der Waals surface area contributed by atoms with Crippen LogP contribution in [0.25, 0.3) is 0 Å². The Morgan fingerprint density at radius 2 is 1.95 bits per heavy atom. The highest BCUT2D eigenvalue weighted by Crippen LogP contribution is 2.32. The summed E-state index contributed by atoms with van der Waals surface area (Å²) in [7, 11) is 0. The van der Waals surface area contributed by atoms with Crippen molar-refractivity contribution in [1.29, 1.82) is 0 Å². The first-order chi connectivity index (χ1) is 9.49. The summed E-state index contributed by atoms with van der Waals surface area (Å²) in [6.07, 6.45) is 3.65. The molecule has 20 heavy (non-hydrogen) atoms. The third-order valence-electron chi connectivity index (χ3n) is 4.74. The van der Waals surface area contributed by atoms with Crippen molar-refractivity contribution in [3.8, 4) is 5.75 Å². The number of benzene rings is 1. The Hall–Kier alpha value is -1.09. The van der Waals surface area contributed by atoms with Crippen LogP contribution in [0.2, 0.25) is 0 Å². The summed E-state index contributed by atoms with van der Waals surface area (Å²) in [5, 5.41) is 9.95. The minimum absolute atomic E-state index is 0.0663. The number of halogens is 1. The molecule has 0 amide bonds. The van der Waals surface area contributed by atoms with E-state index in [9.17, 15) is 9.50 Å². The van der Waals surface area contributed by atoms with E-state index in [0.29, 0.717) is 5.56 Å². The number of phenolic OH excluding ortho intramolecular Hbond substituents is 1. The Morgan fingerprint density at radius 3 is 2.65 bits per heavy atom. The van der Waals surface area contributed by atoms with Gasteiger partial charge in [0.1, 0.15) is 11.6 Å². The molecule has 1 N–H and O–H groups in total. The number of phenols is 1. The summed E-state index contributed by atoms with van der Waals surface area (Å²) in [4.78, 5) is 2.37. The zero-order valence-corrected chi connectivity index (χ0v) is 12.8. The second-order valence-corrected chi connectivity index (χ2v) is 6.35. The highest BCUT2D eigenvalue weighted by molar-refractivity contribution is 5.34. The summed E-state index contributed by atoms with van der Waals surface area (Å²) in [6, 6.07) is 4.29. The van der Waals surface area contributed by atoms with Gasteiger partial charge in [-0.2, -0.15) is 0 Å². The lowest BCUT2D eigenvalue weighted by molar-refractivity contribution is 0.209. The molecule has 0 aliphatic carbocycles. The normalized spacial score (nSPS) is 22.8. The predicted molar refractivity (Wildman–Crippen MR) is 80.2 cm³/mol. The topological polar surface area (TPSA) is 23.5 Å². The van der Waals surface area contributed by atoms with Gasteiger partial charge in [0.2, 0.25) is 0 Å². The van der Waals surface area contributed by atoms with Crippen molar-refractivity contribution in [3.63, 3.8) is 0 Å². The minimum atomic E-state index is -0.278. The number of rotatable bonds is 3. The van der Waals surface area contributed by atoms with Crippen molar-refractivity contribution >= 4 is 0 Å². The summed E-state index contributed by atoms with van der Waals surface area (Å²) in [5.74, 6) is 1.43. The van der Waals surface area contributed by atoms with Gasteiger partial charge in [-0.15, -0.1) is 0 Å². The molecule has 1 aliphatic rings. The molecule has 1 aliphatic heterocycles. The molecule has 1 aromatic rings. The molecule has 0 spiro atoms. The minimum Gasteiger partial charge on any atom is -0.508 e. The largest absolute Gasteiger partial charge is 0.508 e. The maximum Gasteiger partial charge on any atom is 0.123 e. The maximum absolute atomic E-state index is 13.4. The SMILES string of the molecule is CC(C)C1CCCN(C(C)c2cc(F)ccc2O)CC1. The van der Waals surface area contributed by atoms with Crippen LogP contribution in [-0.2, 0) is 0 Å². The van der Waals surface area contributed by atoms with Crippen LogP contribution in [0.1, 0.15) is 51.6 Å². The van der Waals surface area contributed by atoms with Crippen LogP contribution in [0.15, 0.2) is 18.2 Å². The Morgan fingerprint density at radius 1 is 1.20 bits per heavy atom. The van der Waals surface area contributed by atoms with E-state index in [-0.39, 0.29) is 17.6 Å². The number of nitrogens with zero attached hydrogens (tertiary/aromatic N) is 1. The molecule has 1 aromatic carbocycles. The molecule has 0 radical (unpaired) electrons. The molecule has 2 nitrogen and oxygen atoms in total. The summed E-state index contributed by atoms with van der Waals surface area (Å²) in [5.41, 5.74) is 0.702. The molecule has 112 valence electrons. The molecule has 3 heteroatoms. The molecule has 0 saturated carbocycles. The summed E-state index contributed by atoms with van der Waals surface area (Å²) >= 11 is 0. The number of likely N-dealkylation sites (tertiary alicyclic amines) is 1. The van der Waals surface area contributed by atoms with Crippen LogP contribution in [-0.4, -0.2) is 23.1 Å². The van der Waals surface area contributed by atoms with Gasteiger partial charge in [-0.3, -0.25) is 4.90 Å². The van der Waals surface area contributed by atoms with E-state index < -0.39 is 0 Å². The van der Waals surface area contributed by atoms with Gasteiger partial charge in [0.25, 0.3) is 0 Å². The first kappa shape index (κ1) is 15.3. The molecule has 1 heterocycles. The van der Waals surface area contributed by atoms with E-state index in [1.165, 1.54) is 37.5 Å². The van der Waals surface area contributed by atoms with Gasteiger partial charge in [0.05, 0.1) is 0 Å². The zero-order valence-electron chi connectivity index (χ0n) is 12.8. The van der Waals surface area contributed by atoms with E-state index in [4.69, 9.17) is 0 Å². The summed E-state index contributed by atoms with van der Waals surface area (Å²) in [6.45, 7) is 8.70. The molecule has 0 bridgehead atoms. The number of hydrogen-bond donors (Lipinski definition) is 1. The lowest BCUT2D eigenvalue weighted by Gasteiger charge is -2.28. The van der Waals surface area contributed by atoms with E-state index in [0.717, 1.165) is 24.9 Å². The van der Waals surface area contributed by atoms with Crippen LogP contribution >= 0.6 is 0 Å². The van der Waals surface area contributed by atoms with Crippen molar-refractivity contribution in [2.24, 2.45) is 11.8 Å². The van der Waals surface area contributed by atoms with E-state index in [2.05, 4.69) is 25.7 Å². The van der Waals surface area contributed by atoms with Crippen LogP contribution in [0, 0.1) is 17.7 Å². The fourth-order valence-electron chi connectivity index (χ4n) is 3.26. The zero-order chi connectivity index (χ0) is 14.7. The monoisotopic (exact) mass is 279 g/mol. The quantitative estimate of drug-likeness (QED) is 0.889. The first-order valence-electron chi connectivity index (χ1n) is 7.71. The van der Waals surface area contributed by atoms with Crippen molar-refractivity contribution in [3.05, 3.63) is 29.6 Å². The van der Waals surface area contributed by atoms with Crippen LogP contribution in [0.3, 0.4) is 0 Å². The Balaban J connectivity index is 2.09. The van der Waals surface area contributed by atoms with Gasteiger partial charge < -0.3 is 5.11 Å². The molecular weight excluding hydrogens is 253 g/mol. The first-order valence-corrected chi connectivity index (χ1v) is 7.71. The smallest absolute Gasteiger partial charge is 0.123 e. The molecule has 0 aromatic heterocycles. The van der Waals surface area contributed by atoms with E-state index in [1.54, 1.807) is 0 Å². The second-order valence-electron chi connectivity index (χ2n) is 6.35. The highest BCUT2D eigenvalue weighted by Gasteiger charge is 2.24. The maximum atomic E-state index is 13.4. The molecular formula is C17H26FNO. The van der Waals surface area contributed by atoms with Gasteiger partial charge in [-0.25, -0.2) is 4.39 Å². The lowest BCUT2D eigenvalue weighted by Crippen LogP contribution is -2.28. The van der Waals surface area contributed by atoms with Gasteiger partial charge in [-0.05, 0) is 69.3 Å². The van der Waals surface area contributed by atoms with Gasteiger partial charge in [0, 0.05) is 11.6 Å². The van der Waals surface area contributed by atoms with E-state index >= 15 is 0 Å². The van der Waals surface area contributed by atoms with Crippen LogP contribution < -0.4 is 0 Å². The van der Waals surface area contributed by atoms with Crippen LogP contribution in [0.5, 0.6) is 5.75 Å². The van der Waals surface area contributed by atoms with Crippen molar-refractivity contribution in [1.82, 2.24) is 4.90 Å². The van der Waals surface area contributed by atoms with Crippen molar-refractivity contribution < 1.29 is 9.50 Å². The molecule has 2 atom stereocenters. The average molecular weight is 279 g/mol. The fraction of sp³-hybridized carbons (Fsp3) is 0.647. The van der Waals surface area contributed by atoms with Crippen LogP contribution in [0.4, 0.5) is 4.39 Å².